The minimum atomic E-state index is 0.210. The summed E-state index contributed by atoms with van der Waals surface area (Å²) in [5, 5.41) is 0. The molecule has 0 aromatic carbocycles. The van der Waals surface area contributed by atoms with E-state index in [1.165, 1.54) is 44.1 Å². The highest BCUT2D eigenvalue weighted by Gasteiger charge is 2.56. The van der Waals surface area contributed by atoms with Gasteiger partial charge in [0.25, 0.3) is 0 Å². The van der Waals surface area contributed by atoms with Crippen molar-refractivity contribution in [3.8, 4) is 0 Å². The molecule has 4 aliphatic carbocycles. The predicted octanol–water partition coefficient (Wildman–Crippen LogP) is 6.70. The fourth-order valence-electron chi connectivity index (χ4n) is 7.87. The van der Waals surface area contributed by atoms with Gasteiger partial charge in [0.05, 0.1) is 0 Å². The molecule has 0 aromatic rings. The lowest BCUT2D eigenvalue weighted by atomic mass is 9.50. The Morgan fingerprint density at radius 2 is 1.90 bits per heavy atom. The molecule has 0 saturated heterocycles. The third kappa shape index (κ3) is 3.49. The second-order valence-corrected chi connectivity index (χ2v) is 11.3. The Morgan fingerprint density at radius 1 is 1.10 bits per heavy atom. The molecule has 0 amide bonds. The Kier molecular flexibility index (Phi) is 5.68. The van der Waals surface area contributed by atoms with Crippen molar-refractivity contribution in [2.45, 2.75) is 91.9 Å². The van der Waals surface area contributed by atoms with Crippen LogP contribution >= 0.6 is 0 Å². The third-order valence-corrected chi connectivity index (χ3v) is 9.71. The molecule has 2 saturated carbocycles. The van der Waals surface area contributed by atoms with Gasteiger partial charge in [-0.15, -0.1) is 0 Å². The molecule has 0 radical (unpaired) electrons. The molecule has 0 N–H and O–H groups in total. The van der Waals surface area contributed by atoms with E-state index in [-0.39, 0.29) is 11.3 Å². The van der Waals surface area contributed by atoms with Gasteiger partial charge in [0, 0.05) is 12.3 Å². The van der Waals surface area contributed by atoms with Crippen LogP contribution in [0, 0.1) is 40.4 Å². The van der Waals surface area contributed by atoms with Crippen molar-refractivity contribution in [2.24, 2.45) is 40.4 Å². The monoisotopic (exact) mass is 396 g/mol. The van der Waals surface area contributed by atoms with Crippen LogP contribution in [0.4, 0.5) is 0 Å². The highest BCUT2D eigenvalue weighted by molar-refractivity contribution is 5.91. The van der Waals surface area contributed by atoms with Crippen LogP contribution in [-0.4, -0.2) is 12.1 Å². The van der Waals surface area contributed by atoms with E-state index in [1.54, 1.807) is 5.57 Å². The van der Waals surface area contributed by atoms with E-state index in [1.807, 2.05) is 13.0 Å². The number of fused-ring (bicyclic) bond motifs is 5. The van der Waals surface area contributed by atoms with Gasteiger partial charge in [-0.25, -0.2) is 0 Å². The predicted molar refractivity (Wildman–Crippen MR) is 118 cm³/mol. The molecular weight excluding hydrogens is 356 g/mol. The van der Waals surface area contributed by atoms with Gasteiger partial charge in [0.15, 0.2) is 5.78 Å². The Labute approximate surface area is 177 Å². The lowest BCUT2D eigenvalue weighted by molar-refractivity contribution is -0.116. The first-order valence-electron chi connectivity index (χ1n) is 12.2. The fraction of sp³-hybridized carbons (Fsp3) is 0.778. The van der Waals surface area contributed by atoms with Crippen molar-refractivity contribution in [1.82, 2.24) is 0 Å². The molecule has 4 rings (SSSR count). The van der Waals surface area contributed by atoms with E-state index < -0.39 is 0 Å². The molecule has 7 atom stereocenters. The number of carbonyl (C=O) groups excluding carboxylic acids is 2. The van der Waals surface area contributed by atoms with Gasteiger partial charge >= 0.3 is 0 Å². The van der Waals surface area contributed by atoms with Gasteiger partial charge in [-0.2, -0.15) is 0 Å². The lowest BCUT2D eigenvalue weighted by Crippen LogP contribution is -2.46. The molecule has 0 aliphatic heterocycles. The molecule has 2 nitrogen and oxygen atoms in total. The zero-order valence-corrected chi connectivity index (χ0v) is 19.0. The molecule has 2 heteroatoms. The first-order chi connectivity index (χ1) is 13.8. The zero-order chi connectivity index (χ0) is 20.8. The maximum atomic E-state index is 12.0. The number of hydrogen-bond donors (Lipinski definition) is 0. The minimum absolute atomic E-state index is 0.210. The Hall–Kier alpha value is -1.18. The van der Waals surface area contributed by atoms with Crippen molar-refractivity contribution >= 4 is 12.1 Å². The number of aldehydes is 1. The van der Waals surface area contributed by atoms with E-state index >= 15 is 0 Å². The lowest BCUT2D eigenvalue weighted by Gasteiger charge is -2.55. The van der Waals surface area contributed by atoms with Gasteiger partial charge in [0.1, 0.15) is 6.29 Å². The van der Waals surface area contributed by atoms with Crippen LogP contribution < -0.4 is 0 Å². The van der Waals surface area contributed by atoms with Crippen LogP contribution in [-0.2, 0) is 9.59 Å². The number of rotatable bonds is 6. The molecule has 2 fully saturated rings. The molecule has 0 spiro atoms. The fourth-order valence-corrected chi connectivity index (χ4v) is 7.87. The first-order valence-corrected chi connectivity index (χ1v) is 12.2. The molecule has 29 heavy (non-hydrogen) atoms. The SMILES string of the molecule is CC(C=O)CCC[C@H](C)[C@H]1CCC2C3=CCC4=CC(=O)CC[C@]4(C)C3CC[C@@]21C. The summed E-state index contributed by atoms with van der Waals surface area (Å²) in [5.41, 5.74) is 3.85. The van der Waals surface area contributed by atoms with Crippen LogP contribution in [0.15, 0.2) is 23.3 Å². The second-order valence-electron chi connectivity index (χ2n) is 11.3. The van der Waals surface area contributed by atoms with Gasteiger partial charge < -0.3 is 4.79 Å². The van der Waals surface area contributed by atoms with Gasteiger partial charge in [-0.1, -0.05) is 57.8 Å². The number of ketones is 1. The zero-order valence-electron chi connectivity index (χ0n) is 19.0. The summed E-state index contributed by atoms with van der Waals surface area (Å²) < 4.78 is 0. The van der Waals surface area contributed by atoms with E-state index in [2.05, 4.69) is 26.8 Å². The smallest absolute Gasteiger partial charge is 0.155 e. The normalized spacial score (nSPS) is 40.8. The summed E-state index contributed by atoms with van der Waals surface area (Å²) in [4.78, 5) is 22.9. The van der Waals surface area contributed by atoms with Crippen LogP contribution in [0.25, 0.3) is 0 Å². The average Bonchev–Trinajstić information content (AvgIpc) is 3.05. The summed E-state index contributed by atoms with van der Waals surface area (Å²) in [5.74, 6) is 3.53. The van der Waals surface area contributed by atoms with Gasteiger partial charge in [0.2, 0.25) is 0 Å². The van der Waals surface area contributed by atoms with E-state index in [4.69, 9.17) is 0 Å². The summed E-state index contributed by atoms with van der Waals surface area (Å²) >= 11 is 0. The van der Waals surface area contributed by atoms with Crippen LogP contribution in [0.1, 0.15) is 91.9 Å². The van der Waals surface area contributed by atoms with Crippen molar-refractivity contribution in [1.29, 1.82) is 0 Å². The van der Waals surface area contributed by atoms with Crippen molar-refractivity contribution in [2.75, 3.05) is 0 Å². The summed E-state index contributed by atoms with van der Waals surface area (Å²) in [6, 6.07) is 0. The highest BCUT2D eigenvalue weighted by atomic mass is 16.1. The highest BCUT2D eigenvalue weighted by Crippen LogP contribution is 2.66. The van der Waals surface area contributed by atoms with E-state index in [9.17, 15) is 9.59 Å². The molecule has 0 heterocycles. The maximum Gasteiger partial charge on any atom is 0.155 e. The molecule has 160 valence electrons. The topological polar surface area (TPSA) is 34.1 Å². The number of hydrogen-bond acceptors (Lipinski definition) is 2. The van der Waals surface area contributed by atoms with Gasteiger partial charge in [-0.05, 0) is 85.5 Å². The largest absolute Gasteiger partial charge is 0.303 e. The molecule has 0 aromatic heterocycles. The minimum Gasteiger partial charge on any atom is -0.303 e. The van der Waals surface area contributed by atoms with Crippen LogP contribution in [0.2, 0.25) is 0 Å². The van der Waals surface area contributed by atoms with E-state index in [0.717, 1.165) is 49.7 Å². The second kappa shape index (κ2) is 7.82. The summed E-state index contributed by atoms with van der Waals surface area (Å²) in [6.07, 6.45) is 17.3. The average molecular weight is 397 g/mol. The maximum absolute atomic E-state index is 12.0. The quantitative estimate of drug-likeness (QED) is 0.370. The van der Waals surface area contributed by atoms with Crippen molar-refractivity contribution in [3.63, 3.8) is 0 Å². The molecular formula is C27H40O2. The standard InChI is InChI=1S/C27H40O2/c1-18(17-28)6-5-7-19(2)23-10-11-24-22-9-8-20-16-21(29)12-14-26(20,3)25(22)13-15-27(23,24)4/h9,16-19,23-25H,5-8,10-15H2,1-4H3/t18?,19-,23+,24?,25?,26-,27+/m0/s1. The molecule has 0 bridgehead atoms. The molecule has 4 aliphatic rings. The Morgan fingerprint density at radius 3 is 2.66 bits per heavy atom. The van der Waals surface area contributed by atoms with Crippen molar-refractivity contribution < 1.29 is 9.59 Å². The Bertz CT molecular complexity index is 731. The Balaban J connectivity index is 1.50. The third-order valence-electron chi connectivity index (χ3n) is 9.71. The van der Waals surface area contributed by atoms with E-state index in [0.29, 0.717) is 17.1 Å². The van der Waals surface area contributed by atoms with Crippen LogP contribution in [0.5, 0.6) is 0 Å². The number of carbonyl (C=O) groups is 2. The van der Waals surface area contributed by atoms with Crippen LogP contribution in [0.3, 0.4) is 0 Å². The van der Waals surface area contributed by atoms with Gasteiger partial charge in [-0.3, -0.25) is 4.79 Å². The van der Waals surface area contributed by atoms with Crippen molar-refractivity contribution in [3.05, 3.63) is 23.3 Å². The number of allylic oxidation sites excluding steroid dienone is 4. The summed E-state index contributed by atoms with van der Waals surface area (Å²) in [6.45, 7) is 9.56. The first kappa shape index (κ1) is 21.1. The molecule has 3 unspecified atom stereocenters. The summed E-state index contributed by atoms with van der Waals surface area (Å²) in [7, 11) is 0.